The van der Waals surface area contributed by atoms with Crippen molar-refractivity contribution in [3.8, 4) is 0 Å². The van der Waals surface area contributed by atoms with Crippen LogP contribution in [0.4, 0.5) is 10.5 Å². The first-order valence-corrected chi connectivity index (χ1v) is 6.14. The van der Waals surface area contributed by atoms with Crippen molar-refractivity contribution in [3.05, 3.63) is 39.9 Å². The number of hydrogen-bond acceptors (Lipinski definition) is 5. The molecule has 1 aliphatic heterocycles. The summed E-state index contributed by atoms with van der Waals surface area (Å²) in [5, 5.41) is 13.1. The highest BCUT2D eigenvalue weighted by atomic mass is 16.6. The van der Waals surface area contributed by atoms with Gasteiger partial charge in [0.05, 0.1) is 11.5 Å². The Labute approximate surface area is 119 Å². The number of benzene rings is 1. The summed E-state index contributed by atoms with van der Waals surface area (Å²) < 4.78 is 0. The lowest BCUT2D eigenvalue weighted by molar-refractivity contribution is -0.384. The summed E-state index contributed by atoms with van der Waals surface area (Å²) in [5.74, 6) is -0.872. The third-order valence-electron chi connectivity index (χ3n) is 3.31. The number of nitro benzene ring substituents is 1. The Morgan fingerprint density at radius 2 is 1.90 bits per heavy atom. The zero-order valence-corrected chi connectivity index (χ0v) is 11.5. The van der Waals surface area contributed by atoms with E-state index in [-0.39, 0.29) is 18.0 Å². The number of non-ortho nitro benzene ring substituents is 1. The number of ketones is 1. The number of hydrogen-bond donors (Lipinski definition) is 1. The average molecular weight is 291 g/mol. The van der Waals surface area contributed by atoms with Gasteiger partial charge in [-0.3, -0.25) is 24.6 Å². The average Bonchev–Trinajstić information content (AvgIpc) is 2.63. The van der Waals surface area contributed by atoms with Gasteiger partial charge in [0.1, 0.15) is 11.3 Å². The summed E-state index contributed by atoms with van der Waals surface area (Å²) in [6.07, 6.45) is 0. The van der Waals surface area contributed by atoms with Gasteiger partial charge in [0.25, 0.3) is 11.6 Å². The summed E-state index contributed by atoms with van der Waals surface area (Å²) in [6.45, 7) is 2.48. The summed E-state index contributed by atoms with van der Waals surface area (Å²) in [5.41, 5.74) is -1.03. The molecule has 1 atom stereocenters. The number of carbonyl (C=O) groups is 3. The number of imide groups is 1. The first kappa shape index (κ1) is 14.6. The standard InChI is InChI=1S/C13H13N3O5/c1-8(17)7-15-11(18)13(2,14-12(15)19)9-3-5-10(6-4-9)16(20)21/h3-6H,7H2,1-2H3,(H,14,19). The molecule has 2 rings (SSSR count). The molecule has 1 aromatic carbocycles. The second kappa shape index (κ2) is 4.97. The van der Waals surface area contributed by atoms with Gasteiger partial charge >= 0.3 is 6.03 Å². The van der Waals surface area contributed by atoms with Gasteiger partial charge in [-0.1, -0.05) is 0 Å². The van der Waals surface area contributed by atoms with Crippen molar-refractivity contribution in [1.82, 2.24) is 10.2 Å². The molecule has 8 nitrogen and oxygen atoms in total. The summed E-state index contributed by atoms with van der Waals surface area (Å²) >= 11 is 0. The third kappa shape index (κ3) is 2.47. The molecule has 1 aliphatic rings. The smallest absolute Gasteiger partial charge is 0.319 e. The molecule has 1 heterocycles. The van der Waals surface area contributed by atoms with E-state index in [0.29, 0.717) is 5.56 Å². The van der Waals surface area contributed by atoms with Crippen LogP contribution in [0, 0.1) is 10.1 Å². The van der Waals surface area contributed by atoms with E-state index in [4.69, 9.17) is 0 Å². The van der Waals surface area contributed by atoms with Crippen molar-refractivity contribution in [2.75, 3.05) is 6.54 Å². The SMILES string of the molecule is CC(=O)CN1C(=O)NC(C)(c2ccc([N+](=O)[O-])cc2)C1=O. The fraction of sp³-hybridized carbons (Fsp3) is 0.308. The van der Waals surface area contributed by atoms with Crippen LogP contribution in [0.5, 0.6) is 0 Å². The van der Waals surface area contributed by atoms with Gasteiger partial charge in [-0.15, -0.1) is 0 Å². The van der Waals surface area contributed by atoms with Gasteiger partial charge in [-0.2, -0.15) is 0 Å². The Morgan fingerprint density at radius 1 is 1.33 bits per heavy atom. The van der Waals surface area contributed by atoms with Crippen LogP contribution < -0.4 is 5.32 Å². The topological polar surface area (TPSA) is 110 Å². The molecule has 0 radical (unpaired) electrons. The number of Topliss-reactive ketones (excluding diaryl/α,β-unsaturated/α-hetero) is 1. The number of nitrogens with one attached hydrogen (secondary N) is 1. The number of nitro groups is 1. The van der Waals surface area contributed by atoms with Crippen LogP contribution >= 0.6 is 0 Å². The van der Waals surface area contributed by atoms with Crippen LogP contribution in [0.3, 0.4) is 0 Å². The first-order valence-electron chi connectivity index (χ1n) is 6.14. The lowest BCUT2D eigenvalue weighted by Crippen LogP contribution is -2.41. The van der Waals surface area contributed by atoms with Gasteiger partial charge < -0.3 is 5.32 Å². The first-order chi connectivity index (χ1) is 9.75. The predicted octanol–water partition coefficient (Wildman–Crippen LogP) is 0.951. The lowest BCUT2D eigenvalue weighted by Gasteiger charge is -2.21. The minimum atomic E-state index is -1.33. The Bertz CT molecular complexity index is 640. The Hall–Kier alpha value is -2.77. The van der Waals surface area contributed by atoms with Crippen molar-refractivity contribution >= 4 is 23.4 Å². The molecule has 0 aliphatic carbocycles. The summed E-state index contributed by atoms with van der Waals surface area (Å²) in [7, 11) is 0. The molecule has 21 heavy (non-hydrogen) atoms. The Morgan fingerprint density at radius 3 is 2.38 bits per heavy atom. The molecule has 8 heteroatoms. The van der Waals surface area contributed by atoms with Crippen molar-refractivity contribution < 1.29 is 19.3 Å². The summed E-state index contributed by atoms with van der Waals surface area (Å²) in [6, 6.07) is 4.68. The molecular weight excluding hydrogens is 278 g/mol. The molecule has 1 unspecified atom stereocenters. The van der Waals surface area contributed by atoms with Crippen LogP contribution in [0.15, 0.2) is 24.3 Å². The van der Waals surface area contributed by atoms with Crippen LogP contribution in [-0.4, -0.2) is 34.1 Å². The minimum absolute atomic E-state index is 0.111. The second-order valence-corrected chi connectivity index (χ2v) is 4.95. The monoisotopic (exact) mass is 291 g/mol. The zero-order chi connectivity index (χ0) is 15.8. The molecule has 1 N–H and O–H groups in total. The van der Waals surface area contributed by atoms with Crippen molar-refractivity contribution in [1.29, 1.82) is 0 Å². The molecule has 0 spiro atoms. The molecule has 1 fully saturated rings. The van der Waals surface area contributed by atoms with E-state index < -0.39 is 22.4 Å². The molecule has 0 bridgehead atoms. The van der Waals surface area contributed by atoms with Gasteiger partial charge in [0.15, 0.2) is 0 Å². The highest BCUT2D eigenvalue weighted by Crippen LogP contribution is 2.29. The third-order valence-corrected chi connectivity index (χ3v) is 3.31. The van der Waals surface area contributed by atoms with E-state index in [0.717, 1.165) is 4.90 Å². The van der Waals surface area contributed by atoms with Crippen LogP contribution in [0.25, 0.3) is 0 Å². The normalized spacial score (nSPS) is 21.3. The van der Waals surface area contributed by atoms with Crippen LogP contribution in [0.2, 0.25) is 0 Å². The quantitative estimate of drug-likeness (QED) is 0.504. The maximum atomic E-state index is 12.3. The molecular formula is C13H13N3O5. The summed E-state index contributed by atoms with van der Waals surface area (Å²) in [4.78, 5) is 46.2. The van der Waals surface area contributed by atoms with E-state index in [1.54, 1.807) is 0 Å². The zero-order valence-electron chi connectivity index (χ0n) is 11.5. The fourth-order valence-corrected chi connectivity index (χ4v) is 2.18. The van der Waals surface area contributed by atoms with Gasteiger partial charge in [-0.05, 0) is 31.5 Å². The van der Waals surface area contributed by atoms with Crippen molar-refractivity contribution in [3.63, 3.8) is 0 Å². The van der Waals surface area contributed by atoms with Gasteiger partial charge in [0, 0.05) is 12.1 Å². The molecule has 1 saturated heterocycles. The van der Waals surface area contributed by atoms with Gasteiger partial charge in [0.2, 0.25) is 0 Å². The number of amides is 3. The highest BCUT2D eigenvalue weighted by Gasteiger charge is 2.49. The molecule has 1 aromatic rings. The lowest BCUT2D eigenvalue weighted by atomic mass is 9.92. The molecule has 110 valence electrons. The van der Waals surface area contributed by atoms with E-state index in [1.807, 2.05) is 0 Å². The largest absolute Gasteiger partial charge is 0.325 e. The fourth-order valence-electron chi connectivity index (χ4n) is 2.18. The van der Waals surface area contributed by atoms with E-state index in [9.17, 15) is 24.5 Å². The molecule has 0 aromatic heterocycles. The van der Waals surface area contributed by atoms with Gasteiger partial charge in [-0.25, -0.2) is 4.79 Å². The molecule has 3 amide bonds. The Kier molecular flexibility index (Phi) is 3.46. The maximum Gasteiger partial charge on any atom is 0.325 e. The number of carbonyl (C=O) groups excluding carboxylic acids is 3. The maximum absolute atomic E-state index is 12.3. The van der Waals surface area contributed by atoms with Crippen LogP contribution in [-0.2, 0) is 15.1 Å². The van der Waals surface area contributed by atoms with E-state index in [2.05, 4.69) is 5.32 Å². The number of nitrogens with zero attached hydrogens (tertiary/aromatic N) is 2. The van der Waals surface area contributed by atoms with E-state index in [1.165, 1.54) is 38.1 Å². The van der Waals surface area contributed by atoms with Crippen LogP contribution in [0.1, 0.15) is 19.4 Å². The van der Waals surface area contributed by atoms with Crippen molar-refractivity contribution in [2.45, 2.75) is 19.4 Å². The Balaban J connectivity index is 2.34. The highest BCUT2D eigenvalue weighted by molar-refractivity contribution is 6.09. The molecule has 0 saturated carbocycles. The number of urea groups is 1. The number of rotatable bonds is 4. The predicted molar refractivity (Wildman–Crippen MR) is 71.4 cm³/mol. The van der Waals surface area contributed by atoms with Crippen molar-refractivity contribution in [2.24, 2.45) is 0 Å². The van der Waals surface area contributed by atoms with E-state index >= 15 is 0 Å². The second-order valence-electron chi connectivity index (χ2n) is 4.95. The minimum Gasteiger partial charge on any atom is -0.319 e.